The molecular weight excluding hydrogens is 297 g/mol. The monoisotopic (exact) mass is 315 g/mol. The van der Waals surface area contributed by atoms with Gasteiger partial charge in [0.15, 0.2) is 0 Å². The first kappa shape index (κ1) is 14.2. The third-order valence-electron chi connectivity index (χ3n) is 4.97. The number of rotatable bonds is 3. The molecule has 2 N–H and O–H groups in total. The van der Waals surface area contributed by atoms with E-state index in [1.54, 1.807) is 16.7 Å². The van der Waals surface area contributed by atoms with E-state index < -0.39 is 5.82 Å². The number of benzene rings is 1. The van der Waals surface area contributed by atoms with Gasteiger partial charge in [0.05, 0.1) is 11.4 Å². The van der Waals surface area contributed by atoms with Gasteiger partial charge in [-0.2, -0.15) is 0 Å². The Balaban J connectivity index is 1.45. The lowest BCUT2D eigenvalue weighted by molar-refractivity contribution is 0.242. The number of carbonyl (C=O) groups excluding carboxylic acids is 1. The van der Waals surface area contributed by atoms with Gasteiger partial charge in [0.1, 0.15) is 18.5 Å². The van der Waals surface area contributed by atoms with Gasteiger partial charge in [-0.1, -0.05) is 6.42 Å². The minimum atomic E-state index is -0.468. The largest absolute Gasteiger partial charge is 0.335 e. The molecule has 0 aliphatic heterocycles. The number of hydrogen-bond acceptors (Lipinski definition) is 3. The van der Waals surface area contributed by atoms with Crippen molar-refractivity contribution in [2.45, 2.75) is 31.7 Å². The Morgan fingerprint density at radius 3 is 2.74 bits per heavy atom. The van der Waals surface area contributed by atoms with Gasteiger partial charge < -0.3 is 10.6 Å². The van der Waals surface area contributed by atoms with E-state index in [-0.39, 0.29) is 17.8 Å². The van der Waals surface area contributed by atoms with Crippen LogP contribution in [0.2, 0.25) is 0 Å². The van der Waals surface area contributed by atoms with E-state index >= 15 is 0 Å². The summed E-state index contributed by atoms with van der Waals surface area (Å²) < 4.78 is 15.6. The van der Waals surface area contributed by atoms with E-state index in [1.807, 2.05) is 0 Å². The third-order valence-corrected chi connectivity index (χ3v) is 4.97. The highest BCUT2D eigenvalue weighted by molar-refractivity contribution is 5.90. The Bertz CT molecular complexity index is 717. The van der Waals surface area contributed by atoms with Gasteiger partial charge in [-0.15, -0.1) is 10.2 Å². The quantitative estimate of drug-likeness (QED) is 0.915. The number of carbonyl (C=O) groups is 1. The molecule has 7 heteroatoms. The number of aromatic nitrogens is 3. The van der Waals surface area contributed by atoms with E-state index in [4.69, 9.17) is 0 Å². The summed E-state index contributed by atoms with van der Waals surface area (Å²) in [6.45, 7) is 0. The van der Waals surface area contributed by atoms with Crippen molar-refractivity contribution < 1.29 is 9.18 Å². The first-order chi connectivity index (χ1) is 11.2. The number of anilines is 1. The second kappa shape index (κ2) is 5.64. The number of hydrogen-bond donors (Lipinski definition) is 2. The molecule has 0 spiro atoms. The molecule has 6 nitrogen and oxygen atoms in total. The summed E-state index contributed by atoms with van der Waals surface area (Å²) in [6, 6.07) is 4.37. The standard InChI is InChI=1S/C16H18FN5O/c17-13-4-3-12(22-8-18-19-9-22)7-15(13)21-16(23)20-14-6-10-1-2-11(14)5-10/h3-4,7-11,14H,1-2,5-6H2,(H2,20,21,23)/t10-,11+,14+/m0/s1. The molecule has 1 heterocycles. The van der Waals surface area contributed by atoms with E-state index in [0.717, 1.165) is 12.3 Å². The molecular formula is C16H18FN5O. The fourth-order valence-corrected chi connectivity index (χ4v) is 3.85. The van der Waals surface area contributed by atoms with Gasteiger partial charge in [0, 0.05) is 6.04 Å². The van der Waals surface area contributed by atoms with Crippen LogP contribution in [-0.4, -0.2) is 26.8 Å². The molecule has 2 saturated carbocycles. The maximum absolute atomic E-state index is 14.0. The van der Waals surface area contributed by atoms with Gasteiger partial charge in [-0.05, 0) is 49.3 Å². The number of nitrogens with zero attached hydrogens (tertiary/aromatic N) is 3. The van der Waals surface area contributed by atoms with Crippen LogP contribution in [0.15, 0.2) is 30.9 Å². The molecule has 23 heavy (non-hydrogen) atoms. The summed E-state index contributed by atoms with van der Waals surface area (Å²) >= 11 is 0. The summed E-state index contributed by atoms with van der Waals surface area (Å²) in [5.74, 6) is 0.864. The summed E-state index contributed by atoms with van der Waals surface area (Å²) in [5, 5.41) is 13.1. The van der Waals surface area contributed by atoms with Crippen molar-refractivity contribution in [1.82, 2.24) is 20.1 Å². The fraction of sp³-hybridized carbons (Fsp3) is 0.438. The molecule has 0 saturated heterocycles. The molecule has 2 aliphatic rings. The molecule has 3 atom stereocenters. The Hall–Kier alpha value is -2.44. The third kappa shape index (κ3) is 2.78. The van der Waals surface area contributed by atoms with Gasteiger partial charge in [0.2, 0.25) is 0 Å². The number of amides is 2. The zero-order valence-electron chi connectivity index (χ0n) is 12.6. The van der Waals surface area contributed by atoms with Gasteiger partial charge in [-0.25, -0.2) is 9.18 Å². The van der Waals surface area contributed by atoms with Crippen LogP contribution in [0.4, 0.5) is 14.9 Å². The lowest BCUT2D eigenvalue weighted by atomic mass is 9.95. The molecule has 120 valence electrons. The average Bonchev–Trinajstić information content (AvgIpc) is 3.26. The van der Waals surface area contributed by atoms with Crippen LogP contribution in [0.1, 0.15) is 25.7 Å². The van der Waals surface area contributed by atoms with Crippen molar-refractivity contribution in [3.8, 4) is 5.69 Å². The second-order valence-corrected chi connectivity index (χ2v) is 6.41. The maximum Gasteiger partial charge on any atom is 0.319 e. The first-order valence-corrected chi connectivity index (χ1v) is 7.91. The van der Waals surface area contributed by atoms with Crippen molar-refractivity contribution >= 4 is 11.7 Å². The van der Waals surface area contributed by atoms with Crippen molar-refractivity contribution in [2.75, 3.05) is 5.32 Å². The van der Waals surface area contributed by atoms with Crippen LogP contribution in [0.25, 0.3) is 5.69 Å². The summed E-state index contributed by atoms with van der Waals surface area (Å²) in [7, 11) is 0. The lowest BCUT2D eigenvalue weighted by Crippen LogP contribution is -2.41. The zero-order chi connectivity index (χ0) is 15.8. The highest BCUT2D eigenvalue weighted by Gasteiger charge is 2.40. The van der Waals surface area contributed by atoms with Gasteiger partial charge in [0.25, 0.3) is 0 Å². The Morgan fingerprint density at radius 2 is 2.04 bits per heavy atom. The number of nitrogens with one attached hydrogen (secondary N) is 2. The van der Waals surface area contributed by atoms with Crippen molar-refractivity contribution in [3.63, 3.8) is 0 Å². The maximum atomic E-state index is 14.0. The Labute approximate surface area is 133 Å². The SMILES string of the molecule is O=C(Nc1cc(-n2cnnc2)ccc1F)N[C@@H]1C[C@H]2CC[C@@H]1C2. The molecule has 1 aromatic carbocycles. The molecule has 4 rings (SSSR count). The minimum absolute atomic E-state index is 0.150. The number of urea groups is 1. The van der Waals surface area contributed by atoms with E-state index in [0.29, 0.717) is 11.6 Å². The van der Waals surface area contributed by atoms with Gasteiger partial charge >= 0.3 is 6.03 Å². The van der Waals surface area contributed by atoms with Crippen molar-refractivity contribution in [3.05, 3.63) is 36.7 Å². The smallest absolute Gasteiger partial charge is 0.319 e. The highest BCUT2D eigenvalue weighted by atomic mass is 19.1. The van der Waals surface area contributed by atoms with Crippen LogP contribution >= 0.6 is 0 Å². The van der Waals surface area contributed by atoms with Gasteiger partial charge in [-0.3, -0.25) is 4.57 Å². The second-order valence-electron chi connectivity index (χ2n) is 6.41. The zero-order valence-corrected chi connectivity index (χ0v) is 12.6. The van der Waals surface area contributed by atoms with Crippen molar-refractivity contribution in [2.24, 2.45) is 11.8 Å². The molecule has 2 aliphatic carbocycles. The summed E-state index contributed by atoms with van der Waals surface area (Å²) in [5.41, 5.74) is 0.837. The molecule has 2 bridgehead atoms. The van der Waals surface area contributed by atoms with Crippen molar-refractivity contribution in [1.29, 1.82) is 0 Å². The molecule has 2 fully saturated rings. The van der Waals surface area contributed by atoms with E-state index in [9.17, 15) is 9.18 Å². The topological polar surface area (TPSA) is 71.8 Å². The lowest BCUT2D eigenvalue weighted by Gasteiger charge is -2.23. The number of halogens is 1. The van der Waals surface area contributed by atoms with E-state index in [2.05, 4.69) is 20.8 Å². The molecule has 0 unspecified atom stereocenters. The average molecular weight is 315 g/mol. The predicted octanol–water partition coefficient (Wildman–Crippen LogP) is 2.72. The van der Waals surface area contributed by atoms with Crippen LogP contribution in [0, 0.1) is 17.7 Å². The molecule has 2 amide bonds. The summed E-state index contributed by atoms with van der Waals surface area (Å²) in [6.07, 6.45) is 7.76. The Kier molecular flexibility index (Phi) is 3.48. The fourth-order valence-electron chi connectivity index (χ4n) is 3.85. The molecule has 1 aromatic heterocycles. The predicted molar refractivity (Wildman–Crippen MR) is 82.7 cm³/mol. The first-order valence-electron chi connectivity index (χ1n) is 7.91. The molecule has 2 aromatic rings. The normalized spacial score (nSPS) is 25.5. The van der Waals surface area contributed by atoms with E-state index in [1.165, 1.54) is 38.0 Å². The van der Waals surface area contributed by atoms with Crippen LogP contribution < -0.4 is 10.6 Å². The van der Waals surface area contributed by atoms with Crippen LogP contribution in [0.3, 0.4) is 0 Å². The minimum Gasteiger partial charge on any atom is -0.335 e. The van der Waals surface area contributed by atoms with Crippen LogP contribution in [0.5, 0.6) is 0 Å². The summed E-state index contributed by atoms with van der Waals surface area (Å²) in [4.78, 5) is 12.2. The van der Waals surface area contributed by atoms with Crippen LogP contribution in [-0.2, 0) is 0 Å². The highest BCUT2D eigenvalue weighted by Crippen LogP contribution is 2.44. The Morgan fingerprint density at radius 1 is 1.22 bits per heavy atom. The number of fused-ring (bicyclic) bond motifs is 2. The molecule has 0 radical (unpaired) electrons.